The lowest BCUT2D eigenvalue weighted by Gasteiger charge is -2.36. The van der Waals surface area contributed by atoms with Crippen molar-refractivity contribution in [1.82, 2.24) is 63.8 Å². The van der Waals surface area contributed by atoms with E-state index in [1.54, 1.807) is 45.0 Å². The topological polar surface area (TPSA) is 312 Å². The van der Waals surface area contributed by atoms with Gasteiger partial charge >= 0.3 is 12.1 Å². The number of nitrogens with zero attached hydrogens (tertiary/aromatic N) is 18. The van der Waals surface area contributed by atoms with Gasteiger partial charge < -0.3 is 49.9 Å². The summed E-state index contributed by atoms with van der Waals surface area (Å²) in [5.41, 5.74) is 8.80. The van der Waals surface area contributed by atoms with E-state index in [1.165, 1.54) is 46.9 Å². The van der Waals surface area contributed by atoms with E-state index in [4.69, 9.17) is 29.8 Å². The van der Waals surface area contributed by atoms with E-state index in [9.17, 15) is 43.9 Å². The number of hydrogen-bond acceptors (Lipinski definition) is 23. The summed E-state index contributed by atoms with van der Waals surface area (Å²) in [6.07, 6.45) is 13.1. The van der Waals surface area contributed by atoms with Crippen molar-refractivity contribution in [2.24, 2.45) is 5.92 Å². The molecule has 8 aromatic heterocycles. The Kier molecular flexibility index (Phi) is 21.4. The van der Waals surface area contributed by atoms with Crippen LogP contribution in [-0.4, -0.2) is 189 Å². The van der Waals surface area contributed by atoms with Gasteiger partial charge in [0.2, 0.25) is 17.8 Å². The minimum absolute atomic E-state index is 0.00583. The number of likely N-dealkylation sites (tertiary alicyclic amines) is 1. The molecule has 3 aliphatic heterocycles. The number of benzene rings is 2. The Hall–Kier alpha value is -10.6. The van der Waals surface area contributed by atoms with Crippen molar-refractivity contribution >= 4 is 85.7 Å². The van der Waals surface area contributed by atoms with Gasteiger partial charge in [-0.25, -0.2) is 58.2 Å². The third-order valence-electron chi connectivity index (χ3n) is 18.0. The molecule has 3 saturated heterocycles. The maximum absolute atomic E-state index is 13.6. The van der Waals surface area contributed by atoms with Gasteiger partial charge in [-0.2, -0.15) is 10.5 Å². The third-order valence-corrected chi connectivity index (χ3v) is 20.1. The Morgan fingerprint density at radius 1 is 0.618 bits per heavy atom. The molecular weight excluding hydrogens is 1350 g/mol. The van der Waals surface area contributed by atoms with E-state index >= 15 is 0 Å². The number of rotatable bonds is 14. The molecule has 528 valence electrons. The summed E-state index contributed by atoms with van der Waals surface area (Å²) in [5, 5.41) is 52.3. The number of carboxylic acid groups (broad SMARTS) is 1. The molecule has 0 radical (unpaired) electrons. The number of thiazole rings is 2. The molecule has 0 unspecified atom stereocenters. The molecule has 102 heavy (non-hydrogen) atoms. The van der Waals surface area contributed by atoms with Crippen LogP contribution in [0.15, 0.2) is 110 Å². The van der Waals surface area contributed by atoms with Crippen LogP contribution in [0.3, 0.4) is 0 Å². The Bertz CT molecular complexity index is 4750. The van der Waals surface area contributed by atoms with Gasteiger partial charge in [0.15, 0.2) is 10.3 Å². The number of pyridine rings is 2. The molecule has 11 heterocycles. The molecule has 4 N–H and O–H groups in total. The van der Waals surface area contributed by atoms with Crippen molar-refractivity contribution in [3.05, 3.63) is 143 Å². The standard InChI is InChI=1S/C34H34FN9O2S.C28H26FN9S.C10H17NO5/c1-3-27-31(41(2)34-40-30(28(17-36)47-34)21-4-8-25(35)9-5-21)44-20-23(7-11-29(44)39-27)24-18-37-33(38-19-24)43-14-12-42(13-15-43)32(46)22-6-10-26(45)16-22;1-3-22-26(36(2)28-35-25(23(14-30)39-28)18-4-7-21(29)8-5-18)38-17-19(6-9-24(38)34-22)20-15-32-27(33-16-20)37-12-10-31-11-13-37;1-10(2,3)16-9(15)11-5-6(12)4-7(11)8(13)14/h4-5,7-9,11,18-20,22,26,45H,3,6,10,12-16H2,1-2H3;4-9,15-17,31H,3,10-13H2,1-2H3;6-7,12H,4-5H2,1-3H3,(H,13,14)/t22-,26+;;6-,7-/m1.1/s1. The fraction of sp³-hybridized carbons (Fsp3) is 0.375. The predicted molar refractivity (Wildman–Crippen MR) is 384 cm³/mol. The summed E-state index contributed by atoms with van der Waals surface area (Å²) in [4.78, 5) is 85.4. The molecule has 10 aromatic rings. The fourth-order valence-electron chi connectivity index (χ4n) is 12.8. The second-order valence-corrected chi connectivity index (χ2v) is 28.1. The van der Waals surface area contributed by atoms with Crippen molar-refractivity contribution in [1.29, 1.82) is 10.5 Å². The number of aromatic nitrogens is 10. The molecule has 0 spiro atoms. The number of piperazine rings is 2. The number of imidazole rings is 2. The van der Waals surface area contributed by atoms with Crippen LogP contribution < -0.4 is 24.9 Å². The third kappa shape index (κ3) is 15.6. The van der Waals surface area contributed by atoms with Crippen LogP contribution in [0.4, 0.5) is 47.4 Å². The zero-order valence-electron chi connectivity index (χ0n) is 57.4. The second kappa shape index (κ2) is 30.7. The highest BCUT2D eigenvalue weighted by Gasteiger charge is 2.41. The number of amides is 2. The number of anilines is 6. The van der Waals surface area contributed by atoms with Crippen molar-refractivity contribution in [2.75, 3.05) is 92.6 Å². The number of carboxylic acids is 1. The van der Waals surface area contributed by atoms with Gasteiger partial charge in [0.25, 0.3) is 0 Å². The summed E-state index contributed by atoms with van der Waals surface area (Å²) in [7, 11) is 3.83. The maximum atomic E-state index is 13.6. The summed E-state index contributed by atoms with van der Waals surface area (Å²) in [6.45, 7) is 15.4. The van der Waals surface area contributed by atoms with E-state index in [2.05, 4.69) is 54.1 Å². The van der Waals surface area contributed by atoms with Crippen LogP contribution >= 0.6 is 22.7 Å². The molecule has 2 amide bonds. The van der Waals surface area contributed by atoms with Crippen molar-refractivity contribution < 1.29 is 43.2 Å². The van der Waals surface area contributed by atoms with Crippen molar-refractivity contribution in [3.8, 4) is 56.9 Å². The Balaban J connectivity index is 0.000000161. The summed E-state index contributed by atoms with van der Waals surface area (Å²) < 4.78 is 36.2. The SMILES string of the molecule is CC(C)(C)OC(=O)N1C[C@H](O)C[C@@H]1C(=O)O.CCc1nc2ccc(-c3cnc(N4CCN(C(=O)[C@@H]5CC[C@H](O)C5)CC4)nc3)cn2c1N(C)c1nc(-c2ccc(F)cc2)c(C#N)s1.CCc1nc2ccc(-c3cnc(N4CCNCC4)nc3)cn2c1N(C)c1nc(-c2ccc(F)cc2)c(C#N)s1. The highest BCUT2D eigenvalue weighted by molar-refractivity contribution is 7.17. The van der Waals surface area contributed by atoms with Crippen molar-refractivity contribution in [2.45, 2.75) is 97.0 Å². The number of β-amino-alcohol motifs (C(OH)–C–C–N with tert-alkyl or cyclic N) is 1. The van der Waals surface area contributed by atoms with Crippen molar-refractivity contribution in [3.63, 3.8) is 0 Å². The average molecular weight is 1420 g/mol. The number of nitrogens with one attached hydrogen (secondary N) is 1. The molecule has 0 bridgehead atoms. The Morgan fingerprint density at radius 3 is 1.48 bits per heavy atom. The number of hydrogen-bond donors (Lipinski definition) is 4. The number of aliphatic hydroxyl groups excluding tert-OH is 2. The van der Waals surface area contributed by atoms with Crippen LogP contribution in [0.5, 0.6) is 0 Å². The van der Waals surface area contributed by atoms with Gasteiger partial charge in [-0.05, 0) is 126 Å². The zero-order chi connectivity index (χ0) is 72.1. The predicted octanol–water partition coefficient (Wildman–Crippen LogP) is 10.2. The number of fused-ring (bicyclic) bond motifs is 2. The lowest BCUT2D eigenvalue weighted by atomic mass is 10.1. The van der Waals surface area contributed by atoms with Crippen LogP contribution in [-0.2, 0) is 27.2 Å². The summed E-state index contributed by atoms with van der Waals surface area (Å²) in [5.74, 6) is 1.37. The maximum Gasteiger partial charge on any atom is 0.411 e. The highest BCUT2D eigenvalue weighted by atomic mass is 32.1. The first kappa shape index (κ1) is 71.2. The first-order valence-electron chi connectivity index (χ1n) is 33.6. The van der Waals surface area contributed by atoms with Gasteiger partial charge in [0, 0.05) is 149 Å². The molecule has 1 aliphatic carbocycles. The minimum atomic E-state index is -1.12. The average Bonchev–Trinajstić information content (AvgIpc) is 1.61. The second-order valence-electron chi connectivity index (χ2n) is 26.1. The molecule has 2 aromatic carbocycles. The molecule has 1 saturated carbocycles. The summed E-state index contributed by atoms with van der Waals surface area (Å²) in [6, 6.07) is 23.5. The molecular formula is C72H77F2N19O7S2. The zero-order valence-corrected chi connectivity index (χ0v) is 59.0. The smallest absolute Gasteiger partial charge is 0.411 e. The number of aliphatic carboxylic acids is 1. The largest absolute Gasteiger partial charge is 0.480 e. The van der Waals surface area contributed by atoms with Crippen LogP contribution in [0, 0.1) is 40.2 Å². The van der Waals surface area contributed by atoms with Gasteiger partial charge in [0.05, 0.1) is 30.1 Å². The minimum Gasteiger partial charge on any atom is -0.480 e. The Labute approximate surface area is 595 Å². The van der Waals surface area contributed by atoms with Crippen LogP contribution in [0.2, 0.25) is 0 Å². The molecule has 14 rings (SSSR count). The monoisotopic (exact) mass is 1420 g/mol. The van der Waals surface area contributed by atoms with E-state index in [-0.39, 0.29) is 42.5 Å². The number of aryl methyl sites for hydroxylation is 2. The molecule has 4 aliphatic rings. The normalized spacial score (nSPS) is 17.5. The van der Waals surface area contributed by atoms with Crippen LogP contribution in [0.25, 0.3) is 56.1 Å². The first-order chi connectivity index (χ1) is 49.1. The number of nitriles is 2. The van der Waals surface area contributed by atoms with E-state index in [0.29, 0.717) is 93.9 Å². The number of halogens is 2. The number of carbonyl (C=O) groups excluding carboxylic acids is 2. The first-order valence-corrected chi connectivity index (χ1v) is 35.3. The quantitative estimate of drug-likeness (QED) is 0.0786. The number of aliphatic hydroxyl groups is 2. The lowest BCUT2D eigenvalue weighted by molar-refractivity contribution is -0.142. The molecule has 4 atom stereocenters. The van der Waals surface area contributed by atoms with Gasteiger partial charge in [-0.3, -0.25) is 18.5 Å². The molecule has 4 fully saturated rings. The lowest BCUT2D eigenvalue weighted by Crippen LogP contribution is -2.50. The van der Waals surface area contributed by atoms with E-state index in [1.807, 2.05) is 106 Å². The van der Waals surface area contributed by atoms with E-state index in [0.717, 1.165) is 106 Å². The van der Waals surface area contributed by atoms with Gasteiger partial charge in [-0.15, -0.1) is 0 Å². The van der Waals surface area contributed by atoms with Gasteiger partial charge in [0.1, 0.15) is 79.5 Å². The fourth-order valence-corrected chi connectivity index (χ4v) is 14.5. The summed E-state index contributed by atoms with van der Waals surface area (Å²) >= 11 is 2.58. The molecule has 26 nitrogen and oxygen atoms in total. The van der Waals surface area contributed by atoms with Crippen LogP contribution in [0.1, 0.15) is 81.4 Å². The highest BCUT2D eigenvalue weighted by Crippen LogP contribution is 2.40. The number of ether oxygens (including phenoxy) is 1. The number of carbonyl (C=O) groups is 3. The van der Waals surface area contributed by atoms with E-state index < -0.39 is 29.8 Å². The Morgan fingerprint density at radius 2 is 1.07 bits per heavy atom. The molecule has 30 heteroatoms. The van der Waals surface area contributed by atoms with Gasteiger partial charge in [-0.1, -0.05) is 36.5 Å².